The summed E-state index contributed by atoms with van der Waals surface area (Å²) in [5.41, 5.74) is 3.92. The molecular formula is C18H19N3O. The Kier molecular flexibility index (Phi) is 3.92. The van der Waals surface area contributed by atoms with Crippen molar-refractivity contribution in [3.63, 3.8) is 0 Å². The van der Waals surface area contributed by atoms with Crippen molar-refractivity contribution in [2.75, 3.05) is 0 Å². The Balaban J connectivity index is 1.74. The van der Waals surface area contributed by atoms with E-state index in [0.717, 1.165) is 17.3 Å². The summed E-state index contributed by atoms with van der Waals surface area (Å²) in [6.45, 7) is 4.12. The fourth-order valence-corrected chi connectivity index (χ4v) is 2.68. The minimum absolute atomic E-state index is 0.0618. The summed E-state index contributed by atoms with van der Waals surface area (Å²) in [6.07, 6.45) is 2.54. The number of carbonyl (C=O) groups excluding carboxylic acids is 1. The van der Waals surface area contributed by atoms with Crippen molar-refractivity contribution in [3.05, 3.63) is 65.4 Å². The summed E-state index contributed by atoms with van der Waals surface area (Å²) < 4.78 is 0. The number of aromatic amines is 1. The van der Waals surface area contributed by atoms with Gasteiger partial charge in [-0.2, -0.15) is 5.10 Å². The molecule has 1 atom stereocenters. The van der Waals surface area contributed by atoms with Gasteiger partial charge in [-0.15, -0.1) is 0 Å². The van der Waals surface area contributed by atoms with E-state index in [2.05, 4.69) is 34.6 Å². The summed E-state index contributed by atoms with van der Waals surface area (Å²) in [5.74, 6) is -0.0732. The number of amides is 1. The molecule has 1 aromatic heterocycles. The number of aryl methyl sites for hydroxylation is 1. The lowest BCUT2D eigenvalue weighted by Gasteiger charge is -2.15. The van der Waals surface area contributed by atoms with Crippen molar-refractivity contribution in [1.82, 2.24) is 15.5 Å². The monoisotopic (exact) mass is 293 g/mol. The van der Waals surface area contributed by atoms with E-state index < -0.39 is 0 Å². The second-order valence-corrected chi connectivity index (χ2v) is 5.64. The number of fused-ring (bicyclic) bond motifs is 1. The molecule has 3 aromatic rings. The van der Waals surface area contributed by atoms with Crippen LogP contribution < -0.4 is 5.32 Å². The average molecular weight is 293 g/mol. The number of nitrogens with one attached hydrogen (secondary N) is 2. The van der Waals surface area contributed by atoms with Crippen molar-refractivity contribution in [1.29, 1.82) is 0 Å². The Bertz CT molecular complexity index is 807. The highest BCUT2D eigenvalue weighted by Gasteiger charge is 2.14. The minimum atomic E-state index is -0.0732. The SMILES string of the molecule is Cc1ccccc1CC(C)NC(=O)c1cccc2cn[nH]c12. The molecule has 3 rings (SSSR count). The van der Waals surface area contributed by atoms with Crippen LogP contribution in [0.4, 0.5) is 0 Å². The molecule has 22 heavy (non-hydrogen) atoms. The first-order chi connectivity index (χ1) is 10.6. The third kappa shape index (κ3) is 2.86. The van der Waals surface area contributed by atoms with Crippen LogP contribution >= 0.6 is 0 Å². The van der Waals surface area contributed by atoms with Crippen LogP contribution in [0.5, 0.6) is 0 Å². The molecule has 0 aliphatic heterocycles. The van der Waals surface area contributed by atoms with Crippen LogP contribution in [0.3, 0.4) is 0 Å². The van der Waals surface area contributed by atoms with Gasteiger partial charge in [0.2, 0.25) is 0 Å². The molecule has 4 heteroatoms. The summed E-state index contributed by atoms with van der Waals surface area (Å²) in [6, 6.07) is 13.9. The first-order valence-electron chi connectivity index (χ1n) is 7.42. The predicted octanol–water partition coefficient (Wildman–Crippen LogP) is 3.23. The normalized spacial score (nSPS) is 12.3. The van der Waals surface area contributed by atoms with Crippen LogP contribution in [0.25, 0.3) is 10.9 Å². The van der Waals surface area contributed by atoms with Gasteiger partial charge in [-0.3, -0.25) is 9.89 Å². The first-order valence-corrected chi connectivity index (χ1v) is 7.42. The number of rotatable bonds is 4. The molecule has 0 spiro atoms. The number of nitrogens with zero attached hydrogens (tertiary/aromatic N) is 1. The third-order valence-electron chi connectivity index (χ3n) is 3.89. The number of aromatic nitrogens is 2. The Labute approximate surface area is 129 Å². The Morgan fingerprint density at radius 1 is 1.23 bits per heavy atom. The summed E-state index contributed by atoms with van der Waals surface area (Å²) in [4.78, 5) is 12.5. The van der Waals surface area contributed by atoms with Crippen LogP contribution in [0.1, 0.15) is 28.4 Å². The van der Waals surface area contributed by atoms with E-state index in [1.54, 1.807) is 6.20 Å². The topological polar surface area (TPSA) is 57.8 Å². The van der Waals surface area contributed by atoms with Gasteiger partial charge in [-0.05, 0) is 37.5 Å². The van der Waals surface area contributed by atoms with Crippen molar-refractivity contribution in [2.45, 2.75) is 26.3 Å². The van der Waals surface area contributed by atoms with Gasteiger partial charge in [0.05, 0.1) is 17.3 Å². The van der Waals surface area contributed by atoms with Gasteiger partial charge < -0.3 is 5.32 Å². The van der Waals surface area contributed by atoms with Crippen molar-refractivity contribution in [3.8, 4) is 0 Å². The zero-order chi connectivity index (χ0) is 15.5. The molecule has 1 unspecified atom stereocenters. The van der Waals surface area contributed by atoms with Crippen molar-refractivity contribution < 1.29 is 4.79 Å². The number of carbonyl (C=O) groups is 1. The molecule has 0 radical (unpaired) electrons. The molecule has 4 nitrogen and oxygen atoms in total. The maximum atomic E-state index is 12.5. The average Bonchev–Trinajstić information content (AvgIpc) is 2.97. The number of benzene rings is 2. The number of hydrogen-bond acceptors (Lipinski definition) is 2. The van der Waals surface area contributed by atoms with Gasteiger partial charge in [0.25, 0.3) is 5.91 Å². The van der Waals surface area contributed by atoms with E-state index in [1.807, 2.05) is 37.3 Å². The zero-order valence-corrected chi connectivity index (χ0v) is 12.8. The molecule has 112 valence electrons. The second kappa shape index (κ2) is 6.02. The van der Waals surface area contributed by atoms with Crippen LogP contribution in [0.2, 0.25) is 0 Å². The number of H-pyrrole nitrogens is 1. The lowest BCUT2D eigenvalue weighted by molar-refractivity contribution is 0.0941. The Morgan fingerprint density at radius 2 is 2.05 bits per heavy atom. The van der Waals surface area contributed by atoms with E-state index in [0.29, 0.717) is 5.56 Å². The highest BCUT2D eigenvalue weighted by molar-refractivity contribution is 6.05. The van der Waals surface area contributed by atoms with Crippen LogP contribution in [0.15, 0.2) is 48.7 Å². The molecule has 0 fully saturated rings. The summed E-state index contributed by atoms with van der Waals surface area (Å²) in [5, 5.41) is 10.9. The van der Waals surface area contributed by atoms with Crippen molar-refractivity contribution in [2.24, 2.45) is 0 Å². The third-order valence-corrected chi connectivity index (χ3v) is 3.89. The summed E-state index contributed by atoms with van der Waals surface area (Å²) in [7, 11) is 0. The fourth-order valence-electron chi connectivity index (χ4n) is 2.68. The predicted molar refractivity (Wildman–Crippen MR) is 87.9 cm³/mol. The molecule has 0 aliphatic rings. The van der Waals surface area contributed by atoms with E-state index >= 15 is 0 Å². The summed E-state index contributed by atoms with van der Waals surface area (Å²) >= 11 is 0. The molecule has 0 bridgehead atoms. The van der Waals surface area contributed by atoms with Crippen LogP contribution in [0, 0.1) is 6.92 Å². The first kappa shape index (κ1) is 14.3. The van der Waals surface area contributed by atoms with E-state index in [-0.39, 0.29) is 11.9 Å². The molecular weight excluding hydrogens is 274 g/mol. The van der Waals surface area contributed by atoms with Crippen LogP contribution in [-0.2, 0) is 6.42 Å². The largest absolute Gasteiger partial charge is 0.349 e. The van der Waals surface area contributed by atoms with E-state index in [4.69, 9.17) is 0 Å². The molecule has 2 N–H and O–H groups in total. The lowest BCUT2D eigenvalue weighted by atomic mass is 10.0. The van der Waals surface area contributed by atoms with Gasteiger partial charge in [0.15, 0.2) is 0 Å². The number of hydrogen-bond donors (Lipinski definition) is 2. The van der Waals surface area contributed by atoms with Gasteiger partial charge in [0, 0.05) is 11.4 Å². The van der Waals surface area contributed by atoms with Crippen LogP contribution in [-0.4, -0.2) is 22.1 Å². The highest BCUT2D eigenvalue weighted by Crippen LogP contribution is 2.16. The second-order valence-electron chi connectivity index (χ2n) is 5.64. The molecule has 1 amide bonds. The standard InChI is InChI=1S/C18H19N3O/c1-12-6-3-4-7-14(12)10-13(2)20-18(22)16-9-5-8-15-11-19-21-17(15)16/h3-9,11,13H,10H2,1-2H3,(H,19,21)(H,20,22). The fraction of sp³-hybridized carbons (Fsp3) is 0.222. The van der Waals surface area contributed by atoms with Gasteiger partial charge >= 0.3 is 0 Å². The lowest BCUT2D eigenvalue weighted by Crippen LogP contribution is -2.34. The Morgan fingerprint density at radius 3 is 2.86 bits per heavy atom. The molecule has 1 heterocycles. The molecule has 0 saturated heterocycles. The van der Waals surface area contributed by atoms with Gasteiger partial charge in [-0.1, -0.05) is 36.4 Å². The Hall–Kier alpha value is -2.62. The minimum Gasteiger partial charge on any atom is -0.349 e. The van der Waals surface area contributed by atoms with Gasteiger partial charge in [0.1, 0.15) is 0 Å². The molecule has 2 aromatic carbocycles. The zero-order valence-electron chi connectivity index (χ0n) is 12.8. The highest BCUT2D eigenvalue weighted by atomic mass is 16.1. The van der Waals surface area contributed by atoms with E-state index in [1.165, 1.54) is 11.1 Å². The number of para-hydroxylation sites is 1. The smallest absolute Gasteiger partial charge is 0.253 e. The van der Waals surface area contributed by atoms with Gasteiger partial charge in [-0.25, -0.2) is 0 Å². The van der Waals surface area contributed by atoms with Crippen molar-refractivity contribution >= 4 is 16.8 Å². The molecule has 0 aliphatic carbocycles. The maximum absolute atomic E-state index is 12.5. The van der Waals surface area contributed by atoms with E-state index in [9.17, 15) is 4.79 Å². The maximum Gasteiger partial charge on any atom is 0.253 e. The quantitative estimate of drug-likeness (QED) is 0.776. The molecule has 0 saturated carbocycles.